The van der Waals surface area contributed by atoms with E-state index in [4.69, 9.17) is 9.47 Å². The van der Waals surface area contributed by atoms with Crippen molar-refractivity contribution in [2.45, 2.75) is 49.9 Å². The molecule has 3 amide bonds. The Bertz CT molecular complexity index is 1090. The van der Waals surface area contributed by atoms with Gasteiger partial charge in [0.25, 0.3) is 0 Å². The highest BCUT2D eigenvalue weighted by atomic mass is 16.6. The van der Waals surface area contributed by atoms with Crippen molar-refractivity contribution in [2.24, 2.45) is 0 Å². The van der Waals surface area contributed by atoms with E-state index in [2.05, 4.69) is 16.0 Å². The number of carbonyl (C=O) groups excluding carboxylic acids is 4. The number of methoxy groups -OCH3 is 1. The summed E-state index contributed by atoms with van der Waals surface area (Å²) in [6, 6.07) is 14.1. The lowest BCUT2D eigenvalue weighted by molar-refractivity contribution is -0.139. The second kappa shape index (κ2) is 10.3. The molecule has 2 heterocycles. The van der Waals surface area contributed by atoms with Crippen LogP contribution in [0.25, 0.3) is 0 Å². The van der Waals surface area contributed by atoms with Gasteiger partial charge < -0.3 is 25.4 Å². The number of amides is 3. The minimum Gasteiger partial charge on any atom is -0.497 e. The van der Waals surface area contributed by atoms with Gasteiger partial charge >= 0.3 is 0 Å². The molecule has 4 rings (SSSR count). The summed E-state index contributed by atoms with van der Waals surface area (Å²) in [6.45, 7) is 2.01. The maximum absolute atomic E-state index is 13.4. The van der Waals surface area contributed by atoms with Crippen LogP contribution in [-0.2, 0) is 36.8 Å². The minimum absolute atomic E-state index is 0.0769. The van der Waals surface area contributed by atoms with Gasteiger partial charge in [0.05, 0.1) is 26.2 Å². The highest BCUT2D eigenvalue weighted by Crippen LogP contribution is 2.29. The Morgan fingerprint density at radius 3 is 2.20 bits per heavy atom. The zero-order chi connectivity index (χ0) is 25.0. The first-order chi connectivity index (χ1) is 16.8. The number of rotatable bonds is 11. The summed E-state index contributed by atoms with van der Waals surface area (Å²) in [5.74, 6) is -0.690. The predicted molar refractivity (Wildman–Crippen MR) is 127 cm³/mol. The third kappa shape index (κ3) is 6.05. The number of ether oxygens (including phenoxy) is 2. The molecule has 2 aliphatic heterocycles. The Balaban J connectivity index is 1.52. The molecule has 0 spiro atoms. The van der Waals surface area contributed by atoms with Crippen molar-refractivity contribution in [3.63, 3.8) is 0 Å². The molecule has 0 aliphatic carbocycles. The fraction of sp³-hybridized carbons (Fsp3) is 0.385. The molecule has 0 aromatic heterocycles. The molecule has 2 aromatic carbocycles. The smallest absolute Gasteiger partial charge is 0.243 e. The fourth-order valence-corrected chi connectivity index (χ4v) is 3.95. The van der Waals surface area contributed by atoms with E-state index >= 15 is 0 Å². The molecule has 35 heavy (non-hydrogen) atoms. The molecular weight excluding hydrogens is 450 g/mol. The molecule has 184 valence electrons. The van der Waals surface area contributed by atoms with Crippen LogP contribution < -0.4 is 20.7 Å². The summed E-state index contributed by atoms with van der Waals surface area (Å²) < 4.78 is 10.5. The Labute approximate surface area is 203 Å². The summed E-state index contributed by atoms with van der Waals surface area (Å²) in [5, 5.41) is 8.10. The number of nitrogens with one attached hydrogen (secondary N) is 3. The molecule has 0 radical (unpaired) electrons. The number of ketones is 1. The number of benzene rings is 2. The van der Waals surface area contributed by atoms with Crippen LogP contribution in [0.3, 0.4) is 0 Å². The zero-order valence-corrected chi connectivity index (χ0v) is 19.7. The van der Waals surface area contributed by atoms with Crippen LogP contribution in [0.2, 0.25) is 0 Å². The highest BCUT2D eigenvalue weighted by Gasteiger charge is 2.50. The molecule has 0 bridgehead atoms. The van der Waals surface area contributed by atoms with Gasteiger partial charge in [-0.2, -0.15) is 0 Å². The third-order valence-corrected chi connectivity index (χ3v) is 6.29. The van der Waals surface area contributed by atoms with E-state index in [-0.39, 0.29) is 24.5 Å². The largest absolute Gasteiger partial charge is 0.497 e. The fourth-order valence-electron chi connectivity index (χ4n) is 3.95. The average Bonchev–Trinajstić information content (AvgIpc) is 3.60. The van der Waals surface area contributed by atoms with Gasteiger partial charge in [-0.1, -0.05) is 42.5 Å². The predicted octanol–water partition coefficient (Wildman–Crippen LogP) is 0.697. The van der Waals surface area contributed by atoms with Gasteiger partial charge in [-0.15, -0.1) is 0 Å². The van der Waals surface area contributed by atoms with Gasteiger partial charge in [0.15, 0.2) is 5.78 Å². The monoisotopic (exact) mass is 479 g/mol. The van der Waals surface area contributed by atoms with Crippen LogP contribution in [0.1, 0.15) is 24.5 Å². The van der Waals surface area contributed by atoms with Crippen LogP contribution in [0.4, 0.5) is 0 Å². The highest BCUT2D eigenvalue weighted by molar-refractivity contribution is 6.00. The summed E-state index contributed by atoms with van der Waals surface area (Å²) in [6.07, 6.45) is 0.571. The van der Waals surface area contributed by atoms with Crippen molar-refractivity contribution in [1.29, 1.82) is 0 Å². The van der Waals surface area contributed by atoms with Crippen LogP contribution in [-0.4, -0.2) is 60.9 Å². The van der Waals surface area contributed by atoms with Gasteiger partial charge in [0, 0.05) is 6.42 Å². The molecule has 2 aromatic rings. The number of carbonyl (C=O) groups is 4. The zero-order valence-electron chi connectivity index (χ0n) is 19.7. The molecule has 3 N–H and O–H groups in total. The summed E-state index contributed by atoms with van der Waals surface area (Å²) >= 11 is 0. The number of hydrogen-bond acceptors (Lipinski definition) is 6. The molecule has 2 fully saturated rings. The molecule has 0 unspecified atom stereocenters. The maximum atomic E-state index is 13.4. The number of epoxide rings is 1. The second-order valence-electron chi connectivity index (χ2n) is 9.07. The molecule has 9 nitrogen and oxygen atoms in total. The minimum atomic E-state index is -0.951. The Hall–Kier alpha value is -3.72. The van der Waals surface area contributed by atoms with E-state index in [1.807, 2.05) is 42.5 Å². The van der Waals surface area contributed by atoms with Gasteiger partial charge in [0.2, 0.25) is 17.7 Å². The SMILES string of the molecule is COc1ccc(C[C@H](NC(=O)[C@H]2CC(=O)N2)C(=O)N[C@@H](Cc2ccccc2)C(=O)[C@@]2(C)CO2)cc1. The second-order valence-corrected chi connectivity index (χ2v) is 9.07. The van der Waals surface area contributed by atoms with E-state index < -0.39 is 35.5 Å². The lowest BCUT2D eigenvalue weighted by Crippen LogP contribution is -2.61. The number of hydrogen-bond donors (Lipinski definition) is 3. The van der Waals surface area contributed by atoms with Crippen LogP contribution in [0.5, 0.6) is 5.75 Å². The first-order valence-electron chi connectivity index (χ1n) is 11.5. The van der Waals surface area contributed by atoms with E-state index in [0.717, 1.165) is 11.1 Å². The van der Waals surface area contributed by atoms with E-state index in [1.165, 1.54) is 0 Å². The standard InChI is InChI=1S/C26H29N3O6/c1-26(15-35-26)23(31)19(12-16-6-4-3-5-7-16)28-24(32)20(29-25(33)21-14-22(30)27-21)13-17-8-10-18(34-2)11-9-17/h3-11,19-21H,12-15H2,1-2H3,(H,27,30)(H,28,32)(H,29,33)/t19-,20-,21+,26+/m0/s1. The van der Waals surface area contributed by atoms with Crippen molar-refractivity contribution >= 4 is 23.5 Å². The first kappa shape index (κ1) is 24.4. The first-order valence-corrected chi connectivity index (χ1v) is 11.5. The number of β-lactam (4-membered cyclic amide) rings is 1. The Morgan fingerprint density at radius 1 is 1.03 bits per heavy atom. The Kier molecular flexibility index (Phi) is 7.16. The summed E-state index contributed by atoms with van der Waals surface area (Å²) in [5.41, 5.74) is 0.771. The molecule has 4 atom stereocenters. The quantitative estimate of drug-likeness (QED) is 0.322. The normalized spacial score (nSPS) is 22.1. The van der Waals surface area contributed by atoms with Gasteiger partial charge in [-0.3, -0.25) is 19.2 Å². The topological polar surface area (TPSA) is 126 Å². The molecule has 0 saturated carbocycles. The van der Waals surface area contributed by atoms with Crippen LogP contribution in [0.15, 0.2) is 54.6 Å². The van der Waals surface area contributed by atoms with Gasteiger partial charge in [-0.25, -0.2) is 0 Å². The maximum Gasteiger partial charge on any atom is 0.243 e. The average molecular weight is 480 g/mol. The summed E-state index contributed by atoms with van der Waals surface area (Å²) in [4.78, 5) is 50.5. The molecular formula is C26H29N3O6. The van der Waals surface area contributed by atoms with Crippen molar-refractivity contribution in [2.75, 3.05) is 13.7 Å². The Morgan fingerprint density at radius 2 is 1.63 bits per heavy atom. The lowest BCUT2D eigenvalue weighted by atomic mass is 9.94. The van der Waals surface area contributed by atoms with Crippen molar-refractivity contribution in [3.8, 4) is 5.75 Å². The van der Waals surface area contributed by atoms with E-state index in [9.17, 15) is 19.2 Å². The number of Topliss-reactive ketones (excluding diaryl/α,β-unsaturated/α-hetero) is 1. The van der Waals surface area contributed by atoms with Gasteiger partial charge in [-0.05, 0) is 36.6 Å². The third-order valence-electron chi connectivity index (χ3n) is 6.29. The van der Waals surface area contributed by atoms with E-state index in [1.54, 1.807) is 26.2 Å². The summed E-state index contributed by atoms with van der Waals surface area (Å²) in [7, 11) is 1.56. The van der Waals surface area contributed by atoms with Crippen molar-refractivity contribution in [1.82, 2.24) is 16.0 Å². The van der Waals surface area contributed by atoms with Crippen LogP contribution in [0, 0.1) is 0 Å². The molecule has 2 saturated heterocycles. The van der Waals surface area contributed by atoms with Crippen LogP contribution >= 0.6 is 0 Å². The molecule has 2 aliphatic rings. The van der Waals surface area contributed by atoms with Crippen molar-refractivity contribution < 1.29 is 28.7 Å². The van der Waals surface area contributed by atoms with E-state index in [0.29, 0.717) is 18.8 Å². The van der Waals surface area contributed by atoms with Crippen molar-refractivity contribution in [3.05, 3.63) is 65.7 Å². The lowest BCUT2D eigenvalue weighted by Gasteiger charge is -2.29. The molecule has 9 heteroatoms. The van der Waals surface area contributed by atoms with Gasteiger partial charge in [0.1, 0.15) is 23.4 Å².